The van der Waals surface area contributed by atoms with Gasteiger partial charge in [0.25, 0.3) is 0 Å². The number of nitrogens with one attached hydrogen (secondary N) is 2. The number of fused-ring (bicyclic) bond motifs is 1. The van der Waals surface area contributed by atoms with Crippen LogP contribution in [-0.4, -0.2) is 47.1 Å². The van der Waals surface area contributed by atoms with Crippen molar-refractivity contribution in [3.63, 3.8) is 0 Å². The molecule has 0 amide bonds. The molecule has 2 aromatic carbocycles. The van der Waals surface area contributed by atoms with E-state index in [0.29, 0.717) is 22.2 Å². The second-order valence-corrected chi connectivity index (χ2v) is 8.95. The Morgan fingerprint density at radius 1 is 1.25 bits per heavy atom. The first-order valence-corrected chi connectivity index (χ1v) is 10.3. The van der Waals surface area contributed by atoms with Gasteiger partial charge in [0.05, 0.1) is 16.0 Å². The molecule has 1 aromatic heterocycles. The largest absolute Gasteiger partial charge is 0.390 e. The van der Waals surface area contributed by atoms with Gasteiger partial charge >= 0.3 is 0 Å². The maximum atomic E-state index is 13.3. The van der Waals surface area contributed by atoms with Gasteiger partial charge in [-0.2, -0.15) is 4.31 Å². The summed E-state index contributed by atoms with van der Waals surface area (Å²) in [6.45, 7) is 0.0740. The predicted molar refractivity (Wildman–Crippen MR) is 103 cm³/mol. The molecule has 1 fully saturated rings. The Morgan fingerprint density at radius 2 is 2.00 bits per heavy atom. The molecule has 148 valence electrons. The van der Waals surface area contributed by atoms with E-state index in [9.17, 15) is 23.0 Å². The predicted octanol–water partition coefficient (Wildman–Crippen LogP) is 2.43. The van der Waals surface area contributed by atoms with E-state index in [1.54, 1.807) is 12.3 Å². The molecule has 1 aliphatic rings. The number of β-amino-alcohol motifs (C(OH)–C–C–N with tert-alkyl or cyclic N) is 1. The fourth-order valence-electron chi connectivity index (χ4n) is 3.13. The zero-order valence-corrected chi connectivity index (χ0v) is 16.0. The molecular formula is C18H17ClFN3O4S. The van der Waals surface area contributed by atoms with Crippen LogP contribution in [0.1, 0.15) is 11.8 Å². The molecular weight excluding hydrogens is 409 g/mol. The third-order valence-corrected chi connectivity index (χ3v) is 6.76. The molecule has 1 saturated heterocycles. The van der Waals surface area contributed by atoms with Crippen LogP contribution in [0.3, 0.4) is 0 Å². The molecule has 7 nitrogen and oxygen atoms in total. The van der Waals surface area contributed by atoms with Gasteiger partial charge in [-0.05, 0) is 36.4 Å². The normalized spacial score (nSPS) is 16.9. The molecule has 0 aliphatic carbocycles. The van der Waals surface area contributed by atoms with Crippen LogP contribution >= 0.6 is 11.6 Å². The fourth-order valence-corrected chi connectivity index (χ4v) is 4.89. The molecule has 4 rings (SSSR count). The Kier molecular flexibility index (Phi) is 4.80. The highest BCUT2D eigenvalue weighted by Crippen LogP contribution is 2.31. The van der Waals surface area contributed by atoms with Gasteiger partial charge in [0.2, 0.25) is 10.0 Å². The molecule has 28 heavy (non-hydrogen) atoms. The molecule has 4 N–H and O–H groups in total. The molecule has 0 saturated carbocycles. The number of H-pyrrole nitrogens is 1. The van der Waals surface area contributed by atoms with Gasteiger partial charge in [-0.3, -0.25) is 0 Å². The zero-order chi connectivity index (χ0) is 20.1. The third-order valence-electron chi connectivity index (χ3n) is 4.66. The van der Waals surface area contributed by atoms with Crippen molar-refractivity contribution < 1.29 is 23.0 Å². The topological polar surface area (TPSA) is 106 Å². The Labute approximate surface area is 165 Å². The summed E-state index contributed by atoms with van der Waals surface area (Å²) >= 11 is 5.77. The Morgan fingerprint density at radius 3 is 2.68 bits per heavy atom. The highest BCUT2D eigenvalue weighted by molar-refractivity contribution is 7.89. The number of hydrogen-bond donors (Lipinski definition) is 4. The molecule has 0 radical (unpaired) electrons. The first kappa shape index (κ1) is 19.2. The van der Waals surface area contributed by atoms with E-state index in [4.69, 9.17) is 11.6 Å². The molecule has 2 heterocycles. The van der Waals surface area contributed by atoms with E-state index in [1.807, 2.05) is 0 Å². The van der Waals surface area contributed by atoms with Crippen LogP contribution in [0.2, 0.25) is 5.02 Å². The molecule has 0 bridgehead atoms. The lowest BCUT2D eigenvalue weighted by Crippen LogP contribution is -2.53. The quantitative estimate of drug-likeness (QED) is 0.470. The van der Waals surface area contributed by atoms with Gasteiger partial charge in [0.15, 0.2) is 6.23 Å². The van der Waals surface area contributed by atoms with Crippen LogP contribution in [0.25, 0.3) is 10.9 Å². The van der Waals surface area contributed by atoms with Crippen LogP contribution < -0.4 is 5.32 Å². The second-order valence-electron chi connectivity index (χ2n) is 6.60. The highest BCUT2D eigenvalue weighted by atomic mass is 35.5. The number of halogens is 2. The van der Waals surface area contributed by atoms with Gasteiger partial charge in [-0.25, -0.2) is 12.8 Å². The Balaban J connectivity index is 1.71. The average molecular weight is 426 g/mol. The number of anilines is 1. The SMILES string of the molecule is O=S(=O)(c1cc(C(O)Nc2ccc(F)c(Cl)c2)c2cc[nH]c2c1)N1CC(O)C1. The van der Waals surface area contributed by atoms with Crippen LogP contribution in [0.5, 0.6) is 0 Å². The third kappa shape index (κ3) is 3.36. The number of sulfonamides is 1. The van der Waals surface area contributed by atoms with E-state index < -0.39 is 28.2 Å². The smallest absolute Gasteiger partial charge is 0.243 e. The second kappa shape index (κ2) is 7.02. The molecule has 1 atom stereocenters. The zero-order valence-electron chi connectivity index (χ0n) is 14.4. The van der Waals surface area contributed by atoms with Crippen molar-refractivity contribution in [1.82, 2.24) is 9.29 Å². The van der Waals surface area contributed by atoms with E-state index in [-0.39, 0.29) is 23.0 Å². The number of nitrogens with zero attached hydrogens (tertiary/aromatic N) is 1. The summed E-state index contributed by atoms with van der Waals surface area (Å²) < 4.78 is 40.1. The average Bonchev–Trinajstić information content (AvgIpc) is 3.09. The van der Waals surface area contributed by atoms with Crippen molar-refractivity contribution in [3.05, 3.63) is 59.0 Å². The molecule has 0 spiro atoms. The maximum absolute atomic E-state index is 13.3. The maximum Gasteiger partial charge on any atom is 0.243 e. The van der Waals surface area contributed by atoms with Gasteiger partial charge in [0.1, 0.15) is 5.82 Å². The van der Waals surface area contributed by atoms with E-state index in [2.05, 4.69) is 10.3 Å². The summed E-state index contributed by atoms with van der Waals surface area (Å²) in [5, 5.41) is 23.4. The number of aromatic nitrogens is 1. The van der Waals surface area contributed by atoms with Gasteiger partial charge in [0, 0.05) is 41.4 Å². The van der Waals surface area contributed by atoms with E-state index >= 15 is 0 Å². The molecule has 10 heteroatoms. The lowest BCUT2D eigenvalue weighted by Gasteiger charge is -2.34. The molecule has 1 unspecified atom stereocenters. The monoisotopic (exact) mass is 425 g/mol. The summed E-state index contributed by atoms with van der Waals surface area (Å²) in [6, 6.07) is 8.51. The van der Waals surface area contributed by atoms with E-state index in [0.717, 1.165) is 0 Å². The van der Waals surface area contributed by atoms with Crippen molar-refractivity contribution in [1.29, 1.82) is 0 Å². The lowest BCUT2D eigenvalue weighted by molar-refractivity contribution is 0.0548. The van der Waals surface area contributed by atoms with Crippen molar-refractivity contribution in [2.75, 3.05) is 18.4 Å². The van der Waals surface area contributed by atoms with E-state index in [1.165, 1.54) is 34.6 Å². The van der Waals surface area contributed by atoms with Crippen LogP contribution in [0, 0.1) is 5.82 Å². The Hall–Kier alpha value is -2.17. The summed E-state index contributed by atoms with van der Waals surface area (Å²) in [7, 11) is -3.80. The number of rotatable bonds is 5. The Bertz CT molecular complexity index is 1140. The minimum atomic E-state index is -3.80. The molecule has 1 aliphatic heterocycles. The van der Waals surface area contributed by atoms with Crippen LogP contribution in [0.15, 0.2) is 47.5 Å². The minimum Gasteiger partial charge on any atom is -0.390 e. The summed E-state index contributed by atoms with van der Waals surface area (Å²) in [4.78, 5) is 2.95. The van der Waals surface area contributed by atoms with Gasteiger partial charge in [-0.1, -0.05) is 11.6 Å². The number of benzene rings is 2. The number of aliphatic hydroxyl groups excluding tert-OH is 2. The number of aliphatic hydroxyl groups is 2. The van der Waals surface area contributed by atoms with Crippen molar-refractivity contribution in [2.45, 2.75) is 17.2 Å². The number of hydrogen-bond acceptors (Lipinski definition) is 5. The number of aromatic amines is 1. The van der Waals surface area contributed by atoms with Gasteiger partial charge < -0.3 is 20.5 Å². The van der Waals surface area contributed by atoms with Crippen molar-refractivity contribution in [2.24, 2.45) is 0 Å². The van der Waals surface area contributed by atoms with Gasteiger partial charge in [-0.15, -0.1) is 0 Å². The first-order chi connectivity index (χ1) is 13.3. The summed E-state index contributed by atoms with van der Waals surface area (Å²) in [5.74, 6) is -0.584. The lowest BCUT2D eigenvalue weighted by atomic mass is 10.1. The standard InChI is InChI=1S/C18H17ClFN3O4S/c19-15-5-10(1-2-16(15)20)22-18(25)14-6-12(7-17-13(14)3-4-21-17)28(26,27)23-8-11(24)9-23/h1-7,11,18,21-22,24-25H,8-9H2. The van der Waals surface area contributed by atoms with Crippen LogP contribution in [-0.2, 0) is 10.0 Å². The summed E-state index contributed by atoms with van der Waals surface area (Å²) in [6.07, 6.45) is -0.296. The fraction of sp³-hybridized carbons (Fsp3) is 0.222. The first-order valence-electron chi connectivity index (χ1n) is 8.44. The molecule has 3 aromatic rings. The van der Waals surface area contributed by atoms with Crippen molar-refractivity contribution >= 4 is 38.2 Å². The summed E-state index contributed by atoms with van der Waals surface area (Å²) in [5.41, 5.74) is 1.25. The highest BCUT2D eigenvalue weighted by Gasteiger charge is 2.36. The minimum absolute atomic E-state index is 0.00217. The van der Waals surface area contributed by atoms with Crippen LogP contribution in [0.4, 0.5) is 10.1 Å². The van der Waals surface area contributed by atoms with Crippen molar-refractivity contribution in [3.8, 4) is 0 Å².